The Morgan fingerprint density at radius 3 is 2.12 bits per heavy atom. The topological polar surface area (TPSA) is 32.3 Å². The fourth-order valence-corrected chi connectivity index (χ4v) is 1.38. The summed E-state index contributed by atoms with van der Waals surface area (Å²) >= 11 is 0. The van der Waals surface area contributed by atoms with Crippen molar-refractivity contribution in [1.29, 1.82) is 0 Å². The normalized spacial score (nSPS) is 11.9. The van der Waals surface area contributed by atoms with Gasteiger partial charge in [-0.05, 0) is 25.2 Å². The van der Waals surface area contributed by atoms with Gasteiger partial charge in [0, 0.05) is 19.6 Å². The first-order chi connectivity index (χ1) is 7.35. The minimum absolute atomic E-state index is 0.199. The van der Waals surface area contributed by atoms with Crippen molar-refractivity contribution in [1.82, 2.24) is 10.2 Å². The van der Waals surface area contributed by atoms with Crippen molar-refractivity contribution in [3.8, 4) is 0 Å². The number of amides is 1. The zero-order chi connectivity index (χ0) is 12.8. The van der Waals surface area contributed by atoms with Crippen LogP contribution in [0.15, 0.2) is 0 Å². The molecule has 0 heterocycles. The second kappa shape index (κ2) is 6.89. The molecule has 3 nitrogen and oxygen atoms in total. The first-order valence-electron chi connectivity index (χ1n) is 6.33. The highest BCUT2D eigenvalue weighted by atomic mass is 16.2. The Bertz CT molecular complexity index is 208. The van der Waals surface area contributed by atoms with Crippen LogP contribution in [0.4, 0.5) is 0 Å². The van der Waals surface area contributed by atoms with Crippen molar-refractivity contribution in [3.05, 3.63) is 0 Å². The summed E-state index contributed by atoms with van der Waals surface area (Å²) in [7, 11) is 0. The van der Waals surface area contributed by atoms with Crippen LogP contribution in [0.3, 0.4) is 0 Å². The fraction of sp³-hybridized carbons (Fsp3) is 0.923. The van der Waals surface area contributed by atoms with Crippen LogP contribution in [0, 0.1) is 11.3 Å². The lowest BCUT2D eigenvalue weighted by atomic mass is 9.81. The second-order valence-corrected chi connectivity index (χ2v) is 5.31. The maximum atomic E-state index is 11.7. The number of hydrogen-bond donors (Lipinski definition) is 1. The van der Waals surface area contributed by atoms with Gasteiger partial charge in [-0.15, -0.1) is 0 Å². The van der Waals surface area contributed by atoms with Gasteiger partial charge in [0.1, 0.15) is 0 Å². The zero-order valence-corrected chi connectivity index (χ0v) is 11.8. The molecule has 96 valence electrons. The summed E-state index contributed by atoms with van der Waals surface area (Å²) in [5.74, 6) is 0.813. The first kappa shape index (κ1) is 15.4. The zero-order valence-electron chi connectivity index (χ0n) is 11.8. The molecule has 0 saturated carbocycles. The Morgan fingerprint density at radius 2 is 1.75 bits per heavy atom. The molecule has 0 aliphatic heterocycles. The molecule has 0 aromatic heterocycles. The average molecular weight is 228 g/mol. The lowest BCUT2D eigenvalue weighted by Gasteiger charge is -2.30. The number of likely N-dealkylation sites (N-methyl/N-ethyl adjacent to an activating group) is 1. The molecule has 0 radical (unpaired) electrons. The summed E-state index contributed by atoms with van der Waals surface area (Å²) < 4.78 is 0. The van der Waals surface area contributed by atoms with E-state index >= 15 is 0 Å². The lowest BCUT2D eigenvalue weighted by molar-refractivity contribution is -0.129. The standard InChI is InChI=1S/C13H28N2O/c1-7-15(8-2)12(16)9-14-10-13(5,6)11(3)4/h11,14H,7-10H2,1-6H3. The molecule has 0 rings (SSSR count). The van der Waals surface area contributed by atoms with Crippen LogP contribution in [0.1, 0.15) is 41.5 Å². The molecule has 0 aliphatic carbocycles. The number of nitrogens with zero attached hydrogens (tertiary/aromatic N) is 1. The molecule has 16 heavy (non-hydrogen) atoms. The smallest absolute Gasteiger partial charge is 0.236 e. The van der Waals surface area contributed by atoms with Crippen LogP contribution in [0.25, 0.3) is 0 Å². The molecule has 0 spiro atoms. The quantitative estimate of drug-likeness (QED) is 0.724. The Morgan fingerprint density at radius 1 is 1.25 bits per heavy atom. The summed E-state index contributed by atoms with van der Waals surface area (Å²) in [6, 6.07) is 0. The first-order valence-corrected chi connectivity index (χ1v) is 6.33. The Labute approximate surface area is 101 Å². The van der Waals surface area contributed by atoms with E-state index in [1.807, 2.05) is 18.7 Å². The molecular weight excluding hydrogens is 200 g/mol. The Kier molecular flexibility index (Phi) is 6.65. The largest absolute Gasteiger partial charge is 0.342 e. The van der Waals surface area contributed by atoms with Gasteiger partial charge in [0.2, 0.25) is 5.91 Å². The molecule has 0 aromatic carbocycles. The minimum atomic E-state index is 0.199. The third-order valence-corrected chi connectivity index (χ3v) is 3.54. The summed E-state index contributed by atoms with van der Waals surface area (Å²) in [6.07, 6.45) is 0. The van der Waals surface area contributed by atoms with Crippen molar-refractivity contribution < 1.29 is 4.79 Å². The van der Waals surface area contributed by atoms with E-state index in [1.54, 1.807) is 0 Å². The van der Waals surface area contributed by atoms with Gasteiger partial charge in [0.15, 0.2) is 0 Å². The van der Waals surface area contributed by atoms with Gasteiger partial charge in [-0.2, -0.15) is 0 Å². The van der Waals surface area contributed by atoms with Crippen molar-refractivity contribution in [2.45, 2.75) is 41.5 Å². The van der Waals surface area contributed by atoms with Crippen molar-refractivity contribution in [3.63, 3.8) is 0 Å². The SMILES string of the molecule is CCN(CC)C(=O)CNCC(C)(C)C(C)C. The molecule has 0 atom stereocenters. The highest BCUT2D eigenvalue weighted by Gasteiger charge is 2.22. The van der Waals surface area contributed by atoms with Gasteiger partial charge >= 0.3 is 0 Å². The average Bonchev–Trinajstić information content (AvgIpc) is 2.19. The molecule has 0 aliphatic rings. The van der Waals surface area contributed by atoms with E-state index in [9.17, 15) is 4.79 Å². The molecule has 0 saturated heterocycles. The van der Waals surface area contributed by atoms with Gasteiger partial charge in [-0.3, -0.25) is 4.79 Å². The molecule has 0 aromatic rings. The lowest BCUT2D eigenvalue weighted by Crippen LogP contribution is -2.41. The third-order valence-electron chi connectivity index (χ3n) is 3.54. The summed E-state index contributed by atoms with van der Waals surface area (Å²) in [5, 5.41) is 3.26. The number of carbonyl (C=O) groups is 1. The van der Waals surface area contributed by atoms with E-state index in [0.717, 1.165) is 19.6 Å². The molecule has 0 fully saturated rings. The summed E-state index contributed by atoms with van der Waals surface area (Å²) in [5.41, 5.74) is 0.240. The molecule has 3 heteroatoms. The monoisotopic (exact) mass is 228 g/mol. The van der Waals surface area contributed by atoms with E-state index in [2.05, 4.69) is 33.0 Å². The van der Waals surface area contributed by atoms with E-state index in [0.29, 0.717) is 12.5 Å². The number of hydrogen-bond acceptors (Lipinski definition) is 2. The van der Waals surface area contributed by atoms with E-state index in [4.69, 9.17) is 0 Å². The molecule has 1 amide bonds. The fourth-order valence-electron chi connectivity index (χ4n) is 1.38. The predicted octanol–water partition coefficient (Wildman–Crippen LogP) is 2.13. The van der Waals surface area contributed by atoms with Crippen LogP contribution in [-0.2, 0) is 4.79 Å². The van der Waals surface area contributed by atoms with Gasteiger partial charge in [0.05, 0.1) is 6.54 Å². The van der Waals surface area contributed by atoms with Gasteiger partial charge < -0.3 is 10.2 Å². The Hall–Kier alpha value is -0.570. The van der Waals surface area contributed by atoms with Crippen LogP contribution in [0.5, 0.6) is 0 Å². The van der Waals surface area contributed by atoms with Crippen LogP contribution < -0.4 is 5.32 Å². The highest BCUT2D eigenvalue weighted by molar-refractivity contribution is 5.78. The predicted molar refractivity (Wildman–Crippen MR) is 69.4 cm³/mol. The minimum Gasteiger partial charge on any atom is -0.342 e. The van der Waals surface area contributed by atoms with E-state index in [-0.39, 0.29) is 11.3 Å². The maximum Gasteiger partial charge on any atom is 0.236 e. The Balaban J connectivity index is 3.94. The summed E-state index contributed by atoms with van der Waals surface area (Å²) in [6.45, 7) is 15.9. The maximum absolute atomic E-state index is 11.7. The van der Waals surface area contributed by atoms with Gasteiger partial charge in [-0.1, -0.05) is 27.7 Å². The molecule has 0 unspecified atom stereocenters. The molecule has 1 N–H and O–H groups in total. The summed E-state index contributed by atoms with van der Waals surface area (Å²) in [4.78, 5) is 13.6. The van der Waals surface area contributed by atoms with Crippen LogP contribution in [0.2, 0.25) is 0 Å². The van der Waals surface area contributed by atoms with Crippen LogP contribution in [-0.4, -0.2) is 37.0 Å². The van der Waals surface area contributed by atoms with E-state index in [1.165, 1.54) is 0 Å². The van der Waals surface area contributed by atoms with Crippen molar-refractivity contribution in [2.75, 3.05) is 26.2 Å². The number of rotatable bonds is 7. The second-order valence-electron chi connectivity index (χ2n) is 5.31. The number of nitrogens with one attached hydrogen (secondary N) is 1. The number of carbonyl (C=O) groups excluding carboxylic acids is 1. The highest BCUT2D eigenvalue weighted by Crippen LogP contribution is 2.24. The van der Waals surface area contributed by atoms with E-state index < -0.39 is 0 Å². The van der Waals surface area contributed by atoms with Gasteiger partial charge in [0.25, 0.3) is 0 Å². The molecule has 0 bridgehead atoms. The van der Waals surface area contributed by atoms with Gasteiger partial charge in [-0.25, -0.2) is 0 Å². The molecular formula is C13H28N2O. The van der Waals surface area contributed by atoms with Crippen molar-refractivity contribution in [2.24, 2.45) is 11.3 Å². The van der Waals surface area contributed by atoms with Crippen molar-refractivity contribution >= 4 is 5.91 Å². The van der Waals surface area contributed by atoms with Crippen LogP contribution >= 0.6 is 0 Å². The third kappa shape index (κ3) is 4.97.